The van der Waals surface area contributed by atoms with Gasteiger partial charge in [0.1, 0.15) is 0 Å². The fourth-order valence-electron chi connectivity index (χ4n) is 3.04. The van der Waals surface area contributed by atoms with Gasteiger partial charge in [0.15, 0.2) is 0 Å². The zero-order valence-corrected chi connectivity index (χ0v) is 10.2. The van der Waals surface area contributed by atoms with Crippen molar-refractivity contribution in [1.82, 2.24) is 0 Å². The summed E-state index contributed by atoms with van der Waals surface area (Å²) < 4.78 is 0. The van der Waals surface area contributed by atoms with Crippen molar-refractivity contribution in [2.45, 2.75) is 78.1 Å². The van der Waals surface area contributed by atoms with Crippen LogP contribution in [0.5, 0.6) is 0 Å². The van der Waals surface area contributed by atoms with E-state index in [2.05, 4.69) is 13.8 Å². The Hall–Kier alpha value is 0. The summed E-state index contributed by atoms with van der Waals surface area (Å²) in [5.41, 5.74) is 0. The average molecular weight is 196 g/mol. The van der Waals surface area contributed by atoms with Crippen molar-refractivity contribution in [3.63, 3.8) is 0 Å². The number of hydrogen-bond acceptors (Lipinski definition) is 0. The third-order valence-corrected chi connectivity index (χ3v) is 4.02. The van der Waals surface area contributed by atoms with Gasteiger partial charge < -0.3 is 0 Å². The Kier molecular flexibility index (Phi) is 6.31. The predicted molar refractivity (Wildman–Crippen MR) is 64.5 cm³/mol. The van der Waals surface area contributed by atoms with Crippen LogP contribution < -0.4 is 0 Å². The van der Waals surface area contributed by atoms with E-state index in [1.165, 1.54) is 64.2 Å². The molecule has 0 bridgehead atoms. The van der Waals surface area contributed by atoms with Crippen molar-refractivity contribution >= 4 is 0 Å². The van der Waals surface area contributed by atoms with Gasteiger partial charge in [0.05, 0.1) is 0 Å². The van der Waals surface area contributed by atoms with Gasteiger partial charge in [0.2, 0.25) is 0 Å². The van der Waals surface area contributed by atoms with Gasteiger partial charge in [-0.15, -0.1) is 0 Å². The largest absolute Gasteiger partial charge is 0.0654 e. The molecule has 0 N–H and O–H groups in total. The lowest BCUT2D eigenvalue weighted by atomic mass is 9.89. The molecule has 0 heterocycles. The standard InChI is InChI=1S/C14H28/c1-3-5-6-7-8-10-14-12-9-11-13(14)4-2/h13-14H,3-12H2,1-2H3/t13-,14-/m0/s1. The summed E-state index contributed by atoms with van der Waals surface area (Å²) in [4.78, 5) is 0. The van der Waals surface area contributed by atoms with Crippen LogP contribution in [0.2, 0.25) is 0 Å². The molecule has 2 atom stereocenters. The number of hydrogen-bond donors (Lipinski definition) is 0. The minimum Gasteiger partial charge on any atom is -0.0654 e. The molecule has 0 saturated heterocycles. The smallest absolute Gasteiger partial charge is 0.0386 e. The first-order valence-corrected chi connectivity index (χ1v) is 6.88. The van der Waals surface area contributed by atoms with Gasteiger partial charge in [0, 0.05) is 0 Å². The molecule has 14 heavy (non-hydrogen) atoms. The van der Waals surface area contributed by atoms with Gasteiger partial charge in [0.25, 0.3) is 0 Å². The molecule has 1 rings (SSSR count). The molecule has 0 aromatic carbocycles. The zero-order chi connectivity index (χ0) is 10.2. The Morgan fingerprint density at radius 1 is 0.857 bits per heavy atom. The van der Waals surface area contributed by atoms with E-state index in [1.807, 2.05) is 0 Å². The molecule has 0 radical (unpaired) electrons. The van der Waals surface area contributed by atoms with Crippen molar-refractivity contribution in [2.24, 2.45) is 11.8 Å². The summed E-state index contributed by atoms with van der Waals surface area (Å²) >= 11 is 0. The van der Waals surface area contributed by atoms with Crippen molar-refractivity contribution in [2.75, 3.05) is 0 Å². The normalized spacial score (nSPS) is 27.0. The summed E-state index contributed by atoms with van der Waals surface area (Å²) in [5, 5.41) is 0. The van der Waals surface area contributed by atoms with Gasteiger partial charge >= 0.3 is 0 Å². The van der Waals surface area contributed by atoms with Crippen LogP contribution >= 0.6 is 0 Å². The van der Waals surface area contributed by atoms with E-state index < -0.39 is 0 Å². The molecule has 1 fully saturated rings. The minimum atomic E-state index is 1.08. The second-order valence-corrected chi connectivity index (χ2v) is 5.06. The summed E-state index contributed by atoms with van der Waals surface area (Å²) in [6, 6.07) is 0. The van der Waals surface area contributed by atoms with E-state index in [4.69, 9.17) is 0 Å². The first-order chi connectivity index (χ1) is 6.88. The minimum absolute atomic E-state index is 1.08. The van der Waals surface area contributed by atoms with Gasteiger partial charge in [-0.25, -0.2) is 0 Å². The first-order valence-electron chi connectivity index (χ1n) is 6.88. The van der Waals surface area contributed by atoms with Crippen LogP contribution in [0, 0.1) is 11.8 Å². The summed E-state index contributed by atoms with van der Waals surface area (Å²) in [6.07, 6.45) is 14.8. The molecule has 1 saturated carbocycles. The molecular weight excluding hydrogens is 168 g/mol. The molecule has 0 aromatic rings. The van der Waals surface area contributed by atoms with Gasteiger partial charge in [-0.1, -0.05) is 78.1 Å². The SMILES string of the molecule is CCCCCCC[C@H]1CCC[C@@H]1CC. The van der Waals surface area contributed by atoms with Crippen molar-refractivity contribution in [1.29, 1.82) is 0 Å². The lowest BCUT2D eigenvalue weighted by molar-refractivity contribution is 0.342. The highest BCUT2D eigenvalue weighted by atomic mass is 14.3. The summed E-state index contributed by atoms with van der Waals surface area (Å²) in [5.74, 6) is 2.18. The fourth-order valence-corrected chi connectivity index (χ4v) is 3.04. The van der Waals surface area contributed by atoms with Crippen LogP contribution in [0.4, 0.5) is 0 Å². The summed E-state index contributed by atoms with van der Waals surface area (Å²) in [7, 11) is 0. The molecule has 0 aromatic heterocycles. The molecular formula is C14H28. The third-order valence-electron chi connectivity index (χ3n) is 4.02. The molecule has 0 amide bonds. The molecule has 0 nitrogen and oxygen atoms in total. The predicted octanol–water partition coefficient (Wildman–Crippen LogP) is 5.17. The highest BCUT2D eigenvalue weighted by molar-refractivity contribution is 4.76. The second kappa shape index (κ2) is 7.31. The van der Waals surface area contributed by atoms with E-state index in [1.54, 1.807) is 0 Å². The van der Waals surface area contributed by atoms with Crippen molar-refractivity contribution in [3.05, 3.63) is 0 Å². The monoisotopic (exact) mass is 196 g/mol. The average Bonchev–Trinajstić information content (AvgIpc) is 2.65. The highest BCUT2D eigenvalue weighted by Crippen LogP contribution is 2.37. The van der Waals surface area contributed by atoms with E-state index in [0.717, 1.165) is 11.8 Å². The Morgan fingerprint density at radius 2 is 1.57 bits per heavy atom. The Bertz CT molecular complexity index is 128. The van der Waals surface area contributed by atoms with E-state index in [9.17, 15) is 0 Å². The van der Waals surface area contributed by atoms with E-state index in [-0.39, 0.29) is 0 Å². The van der Waals surface area contributed by atoms with Crippen LogP contribution in [0.25, 0.3) is 0 Å². The number of unbranched alkanes of at least 4 members (excludes halogenated alkanes) is 4. The third kappa shape index (κ3) is 4.02. The van der Waals surface area contributed by atoms with Crippen LogP contribution in [0.1, 0.15) is 78.1 Å². The van der Waals surface area contributed by atoms with E-state index >= 15 is 0 Å². The Balaban J connectivity index is 2.00. The molecule has 0 unspecified atom stereocenters. The van der Waals surface area contributed by atoms with Crippen LogP contribution in [0.3, 0.4) is 0 Å². The molecule has 1 aliphatic rings. The summed E-state index contributed by atoms with van der Waals surface area (Å²) in [6.45, 7) is 4.67. The lowest BCUT2D eigenvalue weighted by Crippen LogP contribution is -2.06. The maximum atomic E-state index is 2.38. The first kappa shape index (κ1) is 12.1. The Labute approximate surface area is 90.5 Å². The number of rotatable bonds is 7. The van der Waals surface area contributed by atoms with Crippen LogP contribution in [-0.2, 0) is 0 Å². The van der Waals surface area contributed by atoms with Crippen molar-refractivity contribution < 1.29 is 0 Å². The van der Waals surface area contributed by atoms with E-state index in [0.29, 0.717) is 0 Å². The van der Waals surface area contributed by atoms with Gasteiger partial charge in [-0.2, -0.15) is 0 Å². The van der Waals surface area contributed by atoms with Crippen LogP contribution in [-0.4, -0.2) is 0 Å². The Morgan fingerprint density at radius 3 is 2.29 bits per heavy atom. The second-order valence-electron chi connectivity index (χ2n) is 5.06. The lowest BCUT2D eigenvalue weighted by Gasteiger charge is -2.17. The molecule has 0 heteroatoms. The quantitative estimate of drug-likeness (QED) is 0.493. The fraction of sp³-hybridized carbons (Fsp3) is 1.00. The highest BCUT2D eigenvalue weighted by Gasteiger charge is 2.24. The maximum Gasteiger partial charge on any atom is -0.0386 e. The zero-order valence-electron chi connectivity index (χ0n) is 10.2. The van der Waals surface area contributed by atoms with Crippen molar-refractivity contribution in [3.8, 4) is 0 Å². The molecule has 1 aliphatic carbocycles. The van der Waals surface area contributed by atoms with Gasteiger partial charge in [-0.05, 0) is 11.8 Å². The molecule has 0 aliphatic heterocycles. The molecule has 84 valence electrons. The van der Waals surface area contributed by atoms with Crippen LogP contribution in [0.15, 0.2) is 0 Å². The van der Waals surface area contributed by atoms with Gasteiger partial charge in [-0.3, -0.25) is 0 Å². The molecule has 0 spiro atoms. The maximum absolute atomic E-state index is 2.38. The topological polar surface area (TPSA) is 0 Å².